The third-order valence-corrected chi connectivity index (χ3v) is 4.86. The van der Waals surface area contributed by atoms with E-state index in [-0.39, 0.29) is 10.6 Å². The van der Waals surface area contributed by atoms with Gasteiger partial charge in [-0.2, -0.15) is 0 Å². The summed E-state index contributed by atoms with van der Waals surface area (Å²) in [6.07, 6.45) is 1.63. The molecule has 0 fully saturated rings. The molecule has 0 aliphatic rings. The smallest absolute Gasteiger partial charge is 0.277 e. The Kier molecular flexibility index (Phi) is 3.90. The Morgan fingerprint density at radius 1 is 1.12 bits per heavy atom. The zero-order valence-corrected chi connectivity index (χ0v) is 13.4. The first kappa shape index (κ1) is 15.9. The van der Waals surface area contributed by atoms with Gasteiger partial charge in [-0.15, -0.1) is 0 Å². The number of nitrogens with one attached hydrogen (secondary N) is 1. The van der Waals surface area contributed by atoms with Gasteiger partial charge in [0.1, 0.15) is 0 Å². The molecule has 0 spiro atoms. The Balaban J connectivity index is 2.10. The van der Waals surface area contributed by atoms with Crippen LogP contribution >= 0.6 is 0 Å². The maximum atomic E-state index is 12.6. The number of hydrogen-bond donors (Lipinski definition) is 1. The van der Waals surface area contributed by atoms with Crippen LogP contribution in [0, 0.1) is 17.0 Å². The number of aryl methyl sites for hydroxylation is 1. The van der Waals surface area contributed by atoms with Gasteiger partial charge < -0.3 is 0 Å². The van der Waals surface area contributed by atoms with Crippen LogP contribution in [0.25, 0.3) is 10.9 Å². The Labute approximate surface area is 138 Å². The van der Waals surface area contributed by atoms with Crippen molar-refractivity contribution in [2.75, 3.05) is 4.72 Å². The number of aromatic nitrogens is 1. The van der Waals surface area contributed by atoms with Crippen molar-refractivity contribution in [1.82, 2.24) is 4.98 Å². The summed E-state index contributed by atoms with van der Waals surface area (Å²) in [5.74, 6) is 0. The number of sulfonamides is 1. The van der Waals surface area contributed by atoms with E-state index in [0.29, 0.717) is 5.52 Å². The maximum Gasteiger partial charge on any atom is 0.289 e. The Morgan fingerprint density at radius 2 is 1.88 bits per heavy atom. The summed E-state index contributed by atoms with van der Waals surface area (Å²) in [5.41, 5.74) is 1.21. The third kappa shape index (κ3) is 2.91. The molecule has 0 bridgehead atoms. The number of nitro groups is 1. The standard InChI is InChI=1S/C16H13N3O4S/c1-11-9-12-5-4-6-13(16(12)17-10-11)18-24(22,23)15-8-3-2-7-14(15)19(20)21/h2-10,18H,1H3. The molecule has 0 aliphatic heterocycles. The summed E-state index contributed by atoms with van der Waals surface area (Å²) < 4.78 is 27.6. The topological polar surface area (TPSA) is 102 Å². The summed E-state index contributed by atoms with van der Waals surface area (Å²) in [7, 11) is -4.12. The van der Waals surface area contributed by atoms with Crippen LogP contribution < -0.4 is 4.72 Å². The lowest BCUT2D eigenvalue weighted by Crippen LogP contribution is -2.15. The molecule has 0 atom stereocenters. The second-order valence-electron chi connectivity index (χ2n) is 5.22. The summed E-state index contributed by atoms with van der Waals surface area (Å²) in [4.78, 5) is 14.2. The highest BCUT2D eigenvalue weighted by Crippen LogP contribution is 2.28. The first-order valence-corrected chi connectivity index (χ1v) is 8.48. The van der Waals surface area contributed by atoms with Crippen LogP contribution in [-0.2, 0) is 10.0 Å². The number of anilines is 1. The van der Waals surface area contributed by atoms with E-state index in [1.54, 1.807) is 18.3 Å². The fourth-order valence-corrected chi connectivity index (χ4v) is 3.63. The van der Waals surface area contributed by atoms with Crippen LogP contribution in [0.2, 0.25) is 0 Å². The maximum absolute atomic E-state index is 12.6. The molecule has 8 heteroatoms. The largest absolute Gasteiger partial charge is 0.289 e. The zero-order chi connectivity index (χ0) is 17.3. The summed E-state index contributed by atoms with van der Waals surface area (Å²) in [6.45, 7) is 1.89. The molecule has 1 N–H and O–H groups in total. The average Bonchev–Trinajstić information content (AvgIpc) is 2.54. The van der Waals surface area contributed by atoms with Crippen LogP contribution in [0.3, 0.4) is 0 Å². The summed E-state index contributed by atoms with van der Waals surface area (Å²) >= 11 is 0. The summed E-state index contributed by atoms with van der Waals surface area (Å²) in [5, 5.41) is 11.8. The van der Waals surface area contributed by atoms with Gasteiger partial charge in [0.25, 0.3) is 15.7 Å². The second kappa shape index (κ2) is 5.89. The Morgan fingerprint density at radius 3 is 2.62 bits per heavy atom. The van der Waals surface area contributed by atoms with Crippen molar-refractivity contribution < 1.29 is 13.3 Å². The molecule has 0 saturated heterocycles. The van der Waals surface area contributed by atoms with Crippen LogP contribution in [0.4, 0.5) is 11.4 Å². The van der Waals surface area contributed by atoms with Crippen molar-refractivity contribution in [3.05, 3.63) is 70.4 Å². The van der Waals surface area contributed by atoms with Gasteiger partial charge in [0.15, 0.2) is 4.90 Å². The molecule has 3 rings (SSSR count). The molecule has 0 saturated carbocycles. The predicted octanol–water partition coefficient (Wildman–Crippen LogP) is 3.25. The Bertz CT molecular complexity index is 1050. The molecule has 0 unspecified atom stereocenters. The minimum Gasteiger partial charge on any atom is -0.277 e. The molecule has 0 aliphatic carbocycles. The van der Waals surface area contributed by atoms with E-state index in [2.05, 4.69) is 9.71 Å². The van der Waals surface area contributed by atoms with Gasteiger partial charge in [-0.05, 0) is 30.7 Å². The number of pyridine rings is 1. The number of nitrogens with zero attached hydrogens (tertiary/aromatic N) is 2. The van der Waals surface area contributed by atoms with Crippen LogP contribution in [0.1, 0.15) is 5.56 Å². The lowest BCUT2D eigenvalue weighted by atomic mass is 10.1. The molecule has 2 aromatic carbocycles. The van der Waals surface area contributed by atoms with Crippen molar-refractivity contribution in [3.63, 3.8) is 0 Å². The number of benzene rings is 2. The van der Waals surface area contributed by atoms with Gasteiger partial charge in [-0.25, -0.2) is 8.42 Å². The monoisotopic (exact) mass is 343 g/mol. The van der Waals surface area contributed by atoms with E-state index in [1.807, 2.05) is 19.1 Å². The van der Waals surface area contributed by atoms with E-state index in [1.165, 1.54) is 18.2 Å². The highest BCUT2D eigenvalue weighted by Gasteiger charge is 2.25. The van der Waals surface area contributed by atoms with Crippen molar-refractivity contribution >= 4 is 32.3 Å². The number of rotatable bonds is 4. The molecular weight excluding hydrogens is 330 g/mol. The third-order valence-electron chi connectivity index (χ3n) is 3.44. The van der Waals surface area contributed by atoms with Crippen molar-refractivity contribution in [3.8, 4) is 0 Å². The second-order valence-corrected chi connectivity index (χ2v) is 6.87. The molecule has 1 aromatic heterocycles. The molecule has 24 heavy (non-hydrogen) atoms. The van der Waals surface area contributed by atoms with E-state index in [0.717, 1.165) is 17.0 Å². The van der Waals surface area contributed by atoms with Gasteiger partial charge in [-0.3, -0.25) is 19.8 Å². The van der Waals surface area contributed by atoms with E-state index in [4.69, 9.17) is 0 Å². The van der Waals surface area contributed by atoms with E-state index in [9.17, 15) is 18.5 Å². The Hall–Kier alpha value is -3.00. The van der Waals surface area contributed by atoms with E-state index >= 15 is 0 Å². The SMILES string of the molecule is Cc1cnc2c(NS(=O)(=O)c3ccccc3[N+](=O)[O-])cccc2c1. The fourth-order valence-electron chi connectivity index (χ4n) is 2.39. The van der Waals surface area contributed by atoms with Crippen LogP contribution in [0.5, 0.6) is 0 Å². The molecule has 7 nitrogen and oxygen atoms in total. The molecular formula is C16H13N3O4S. The van der Waals surface area contributed by atoms with Crippen molar-refractivity contribution in [1.29, 1.82) is 0 Å². The van der Waals surface area contributed by atoms with Crippen molar-refractivity contribution in [2.24, 2.45) is 0 Å². The minimum atomic E-state index is -4.12. The fraction of sp³-hybridized carbons (Fsp3) is 0.0625. The number of fused-ring (bicyclic) bond motifs is 1. The van der Waals surface area contributed by atoms with Gasteiger partial charge in [0.05, 0.1) is 16.1 Å². The molecule has 122 valence electrons. The molecule has 1 heterocycles. The van der Waals surface area contributed by atoms with Gasteiger partial charge in [0.2, 0.25) is 0 Å². The van der Waals surface area contributed by atoms with Gasteiger partial charge in [-0.1, -0.05) is 24.3 Å². The molecule has 3 aromatic rings. The molecule has 0 radical (unpaired) electrons. The quantitative estimate of drug-likeness (QED) is 0.578. The predicted molar refractivity (Wildman–Crippen MR) is 90.4 cm³/mol. The van der Waals surface area contributed by atoms with Gasteiger partial charge in [0, 0.05) is 17.6 Å². The summed E-state index contributed by atoms with van der Waals surface area (Å²) in [6, 6.07) is 12.2. The first-order valence-electron chi connectivity index (χ1n) is 7.00. The number of nitro benzene ring substituents is 1. The number of para-hydroxylation sites is 2. The van der Waals surface area contributed by atoms with Crippen LogP contribution in [0.15, 0.2) is 59.6 Å². The number of hydrogen-bond acceptors (Lipinski definition) is 5. The zero-order valence-electron chi connectivity index (χ0n) is 12.6. The van der Waals surface area contributed by atoms with Crippen LogP contribution in [-0.4, -0.2) is 18.3 Å². The molecule has 0 amide bonds. The average molecular weight is 343 g/mol. The van der Waals surface area contributed by atoms with E-state index < -0.39 is 20.6 Å². The normalized spacial score (nSPS) is 11.4. The first-order chi connectivity index (χ1) is 11.4. The lowest BCUT2D eigenvalue weighted by Gasteiger charge is -2.10. The van der Waals surface area contributed by atoms with Crippen molar-refractivity contribution in [2.45, 2.75) is 11.8 Å². The lowest BCUT2D eigenvalue weighted by molar-refractivity contribution is -0.387. The highest BCUT2D eigenvalue weighted by molar-refractivity contribution is 7.92. The highest BCUT2D eigenvalue weighted by atomic mass is 32.2. The van der Waals surface area contributed by atoms with Gasteiger partial charge >= 0.3 is 0 Å². The minimum absolute atomic E-state index is 0.269.